The second-order valence-electron chi connectivity index (χ2n) is 5.62. The molecule has 5 nitrogen and oxygen atoms in total. The lowest BCUT2D eigenvalue weighted by atomic mass is 10.1. The molecule has 26 heavy (non-hydrogen) atoms. The van der Waals surface area contributed by atoms with Crippen LogP contribution in [0.25, 0.3) is 0 Å². The van der Waals surface area contributed by atoms with Gasteiger partial charge in [-0.25, -0.2) is 8.78 Å². The smallest absolute Gasteiger partial charge is 0.224 e. The van der Waals surface area contributed by atoms with E-state index in [4.69, 9.17) is 4.74 Å². The SMILES string of the molecule is COc1ccc(CC(=O)NCCN(C(C)=O)c2c(F)cccc2F)cc1. The molecule has 0 unspecified atom stereocenters. The Morgan fingerprint density at radius 2 is 1.69 bits per heavy atom. The second-order valence-corrected chi connectivity index (χ2v) is 5.62. The quantitative estimate of drug-likeness (QED) is 0.824. The van der Waals surface area contributed by atoms with Crippen LogP contribution < -0.4 is 15.0 Å². The van der Waals surface area contributed by atoms with Crippen LogP contribution in [-0.4, -0.2) is 32.0 Å². The summed E-state index contributed by atoms with van der Waals surface area (Å²) in [5, 5.41) is 2.64. The van der Waals surface area contributed by atoms with Crippen molar-refractivity contribution in [3.05, 3.63) is 59.7 Å². The van der Waals surface area contributed by atoms with Crippen LogP contribution in [-0.2, 0) is 16.0 Å². The zero-order valence-corrected chi connectivity index (χ0v) is 14.6. The lowest BCUT2D eigenvalue weighted by Crippen LogP contribution is -2.38. The van der Waals surface area contributed by atoms with E-state index in [1.807, 2.05) is 0 Å². The van der Waals surface area contributed by atoms with Gasteiger partial charge in [0.2, 0.25) is 11.8 Å². The monoisotopic (exact) mass is 362 g/mol. The van der Waals surface area contributed by atoms with Crippen molar-refractivity contribution in [2.24, 2.45) is 0 Å². The summed E-state index contributed by atoms with van der Waals surface area (Å²) in [7, 11) is 1.56. The molecular weight excluding hydrogens is 342 g/mol. The van der Waals surface area contributed by atoms with Gasteiger partial charge in [-0.1, -0.05) is 18.2 Å². The Bertz CT molecular complexity index is 759. The van der Waals surface area contributed by atoms with Gasteiger partial charge >= 0.3 is 0 Å². The van der Waals surface area contributed by atoms with Gasteiger partial charge in [-0.05, 0) is 29.8 Å². The minimum atomic E-state index is -0.829. The van der Waals surface area contributed by atoms with E-state index in [2.05, 4.69) is 5.32 Å². The first-order chi connectivity index (χ1) is 12.4. The summed E-state index contributed by atoms with van der Waals surface area (Å²) >= 11 is 0. The molecular formula is C19H20F2N2O3. The third-order valence-corrected chi connectivity index (χ3v) is 3.77. The van der Waals surface area contributed by atoms with Gasteiger partial charge in [0, 0.05) is 20.0 Å². The van der Waals surface area contributed by atoms with Crippen LogP contribution in [0.4, 0.5) is 14.5 Å². The highest BCUT2D eigenvalue weighted by Gasteiger charge is 2.20. The number of para-hydroxylation sites is 1. The topological polar surface area (TPSA) is 58.6 Å². The zero-order chi connectivity index (χ0) is 19.1. The number of hydrogen-bond donors (Lipinski definition) is 1. The van der Waals surface area contributed by atoms with Crippen LogP contribution >= 0.6 is 0 Å². The van der Waals surface area contributed by atoms with Crippen molar-refractivity contribution in [1.82, 2.24) is 5.32 Å². The van der Waals surface area contributed by atoms with Crippen molar-refractivity contribution in [2.75, 3.05) is 25.1 Å². The summed E-state index contributed by atoms with van der Waals surface area (Å²) in [4.78, 5) is 24.7. The fourth-order valence-corrected chi connectivity index (χ4v) is 2.47. The molecule has 2 aromatic carbocycles. The molecule has 0 atom stereocenters. The first-order valence-corrected chi connectivity index (χ1v) is 8.04. The van der Waals surface area contributed by atoms with Crippen LogP contribution in [0.1, 0.15) is 12.5 Å². The number of hydrogen-bond acceptors (Lipinski definition) is 3. The van der Waals surface area contributed by atoms with E-state index in [0.29, 0.717) is 5.75 Å². The molecule has 2 rings (SSSR count). The molecule has 0 bridgehead atoms. The molecule has 0 fully saturated rings. The Balaban J connectivity index is 1.93. The number of amides is 2. The van der Waals surface area contributed by atoms with Gasteiger partial charge < -0.3 is 15.0 Å². The summed E-state index contributed by atoms with van der Waals surface area (Å²) in [5.41, 5.74) is 0.385. The third-order valence-electron chi connectivity index (χ3n) is 3.77. The van der Waals surface area contributed by atoms with E-state index in [0.717, 1.165) is 22.6 Å². The number of nitrogens with one attached hydrogen (secondary N) is 1. The Morgan fingerprint density at radius 3 is 2.23 bits per heavy atom. The van der Waals surface area contributed by atoms with E-state index in [1.54, 1.807) is 31.4 Å². The number of nitrogens with zero attached hydrogens (tertiary/aromatic N) is 1. The number of benzene rings is 2. The van der Waals surface area contributed by atoms with Crippen molar-refractivity contribution in [2.45, 2.75) is 13.3 Å². The van der Waals surface area contributed by atoms with E-state index in [1.165, 1.54) is 13.0 Å². The van der Waals surface area contributed by atoms with Crippen molar-refractivity contribution in [3.63, 3.8) is 0 Å². The van der Waals surface area contributed by atoms with Crippen LogP contribution in [0.2, 0.25) is 0 Å². The normalized spacial score (nSPS) is 10.3. The number of rotatable bonds is 7. The minimum absolute atomic E-state index is 0.0401. The number of carbonyl (C=O) groups is 2. The molecule has 0 aliphatic carbocycles. The Kier molecular flexibility index (Phi) is 6.66. The average molecular weight is 362 g/mol. The van der Waals surface area contributed by atoms with Crippen LogP contribution in [0.15, 0.2) is 42.5 Å². The van der Waals surface area contributed by atoms with Gasteiger partial charge in [0.15, 0.2) is 0 Å². The van der Waals surface area contributed by atoms with Crippen LogP contribution in [0.5, 0.6) is 5.75 Å². The van der Waals surface area contributed by atoms with Gasteiger partial charge in [0.25, 0.3) is 0 Å². The van der Waals surface area contributed by atoms with Gasteiger partial charge in [0.1, 0.15) is 23.1 Å². The van der Waals surface area contributed by atoms with Gasteiger partial charge in [-0.2, -0.15) is 0 Å². The number of carbonyl (C=O) groups excluding carboxylic acids is 2. The number of methoxy groups -OCH3 is 1. The summed E-state index contributed by atoms with van der Waals surface area (Å²) < 4.78 is 32.8. The van der Waals surface area contributed by atoms with Gasteiger partial charge in [-0.15, -0.1) is 0 Å². The average Bonchev–Trinajstić information content (AvgIpc) is 2.60. The third kappa shape index (κ3) is 5.02. The van der Waals surface area contributed by atoms with E-state index < -0.39 is 23.2 Å². The summed E-state index contributed by atoms with van der Waals surface area (Å²) in [6.45, 7) is 1.24. The molecule has 0 aliphatic heterocycles. The van der Waals surface area contributed by atoms with E-state index in [-0.39, 0.29) is 25.4 Å². The predicted octanol–water partition coefficient (Wildman–Crippen LogP) is 2.69. The number of ether oxygens (including phenoxy) is 1. The summed E-state index contributed by atoms with van der Waals surface area (Å²) in [6, 6.07) is 10.4. The molecule has 7 heteroatoms. The molecule has 0 saturated carbocycles. The fourth-order valence-electron chi connectivity index (χ4n) is 2.47. The highest BCUT2D eigenvalue weighted by Crippen LogP contribution is 2.23. The molecule has 0 radical (unpaired) electrons. The molecule has 2 amide bonds. The Labute approximate surface area is 150 Å². The first kappa shape index (κ1) is 19.4. The summed E-state index contributed by atoms with van der Waals surface area (Å²) in [5.74, 6) is -1.74. The minimum Gasteiger partial charge on any atom is -0.497 e. The standard InChI is InChI=1S/C19H20F2N2O3/c1-13(24)23(19-16(20)4-3-5-17(19)21)11-10-22-18(25)12-14-6-8-15(26-2)9-7-14/h3-9H,10-12H2,1-2H3,(H,22,25). The van der Waals surface area contributed by atoms with Gasteiger partial charge in [0.05, 0.1) is 13.5 Å². The lowest BCUT2D eigenvalue weighted by Gasteiger charge is -2.22. The van der Waals surface area contributed by atoms with Crippen molar-refractivity contribution >= 4 is 17.5 Å². The molecule has 0 heterocycles. The van der Waals surface area contributed by atoms with E-state index >= 15 is 0 Å². The molecule has 0 aliphatic rings. The molecule has 138 valence electrons. The highest BCUT2D eigenvalue weighted by molar-refractivity contribution is 5.91. The van der Waals surface area contributed by atoms with Crippen LogP contribution in [0, 0.1) is 11.6 Å². The van der Waals surface area contributed by atoms with Crippen molar-refractivity contribution < 1.29 is 23.1 Å². The van der Waals surface area contributed by atoms with E-state index in [9.17, 15) is 18.4 Å². The maximum absolute atomic E-state index is 13.9. The molecule has 1 N–H and O–H groups in total. The van der Waals surface area contributed by atoms with Crippen LogP contribution in [0.3, 0.4) is 0 Å². The molecule has 0 saturated heterocycles. The first-order valence-electron chi connectivity index (χ1n) is 8.04. The Hall–Kier alpha value is -2.96. The summed E-state index contributed by atoms with van der Waals surface area (Å²) in [6.07, 6.45) is 0.151. The Morgan fingerprint density at radius 1 is 1.08 bits per heavy atom. The fraction of sp³-hybridized carbons (Fsp3) is 0.263. The predicted molar refractivity (Wildman–Crippen MR) is 94.1 cm³/mol. The number of anilines is 1. The molecule has 0 spiro atoms. The van der Waals surface area contributed by atoms with Gasteiger partial charge in [-0.3, -0.25) is 9.59 Å². The molecule has 2 aromatic rings. The second kappa shape index (κ2) is 8.94. The number of halogens is 2. The zero-order valence-electron chi connectivity index (χ0n) is 14.6. The lowest BCUT2D eigenvalue weighted by molar-refractivity contribution is -0.121. The van der Waals surface area contributed by atoms with Crippen molar-refractivity contribution in [1.29, 1.82) is 0 Å². The maximum atomic E-state index is 13.9. The largest absolute Gasteiger partial charge is 0.497 e. The maximum Gasteiger partial charge on any atom is 0.224 e. The highest BCUT2D eigenvalue weighted by atomic mass is 19.1. The molecule has 0 aromatic heterocycles. The van der Waals surface area contributed by atoms with Crippen molar-refractivity contribution in [3.8, 4) is 5.75 Å².